The van der Waals surface area contributed by atoms with Crippen molar-refractivity contribution in [3.63, 3.8) is 0 Å². The minimum atomic E-state index is -0.209. The number of aliphatic hydroxyl groups excluding tert-OH is 1. The van der Waals surface area contributed by atoms with Crippen LogP contribution in [0.2, 0.25) is 0 Å². The molecule has 2 aromatic carbocycles. The minimum absolute atomic E-state index is 0.101. The number of imidazole rings is 1. The monoisotopic (exact) mass is 450 g/mol. The number of carbonyl (C=O) groups is 2. The second-order valence-electron chi connectivity index (χ2n) is 7.73. The zero-order chi connectivity index (χ0) is 23.5. The summed E-state index contributed by atoms with van der Waals surface area (Å²) in [7, 11) is 4.95. The molecule has 0 fully saturated rings. The molecule has 0 aliphatic carbocycles. The summed E-state index contributed by atoms with van der Waals surface area (Å²) in [5, 5.41) is 12.2. The second-order valence-corrected chi connectivity index (χ2v) is 7.73. The topological polar surface area (TPSA) is 106 Å². The fraction of sp³-hybridized carbons (Fsp3) is 0.292. The number of hydrogen-bond acceptors (Lipinski definition) is 6. The van der Waals surface area contributed by atoms with Crippen molar-refractivity contribution in [1.82, 2.24) is 14.5 Å². The van der Waals surface area contributed by atoms with Crippen LogP contribution in [0.4, 0.5) is 5.69 Å². The molecule has 2 amide bonds. The van der Waals surface area contributed by atoms with Crippen LogP contribution in [0.3, 0.4) is 0 Å². The van der Waals surface area contributed by atoms with Crippen molar-refractivity contribution in [2.45, 2.75) is 19.4 Å². The van der Waals surface area contributed by atoms with Crippen molar-refractivity contribution < 1.29 is 24.2 Å². The molecule has 1 aliphatic heterocycles. The lowest BCUT2D eigenvalue weighted by molar-refractivity contribution is -0.128. The van der Waals surface area contributed by atoms with Crippen LogP contribution in [-0.2, 0) is 29.7 Å². The normalized spacial score (nSPS) is 13.1. The van der Waals surface area contributed by atoms with Crippen LogP contribution in [0.15, 0.2) is 36.5 Å². The number of aryl methyl sites for hydroxylation is 1. The molecule has 0 radical (unpaired) electrons. The van der Waals surface area contributed by atoms with E-state index in [2.05, 4.69) is 10.3 Å². The summed E-state index contributed by atoms with van der Waals surface area (Å²) in [5.41, 5.74) is 3.88. The van der Waals surface area contributed by atoms with Gasteiger partial charge in [-0.2, -0.15) is 0 Å². The second kappa shape index (κ2) is 9.33. The molecule has 2 heterocycles. The number of carbonyl (C=O) groups excluding carboxylic acids is 2. The quantitative estimate of drug-likeness (QED) is 0.573. The van der Waals surface area contributed by atoms with Crippen molar-refractivity contribution in [2.24, 2.45) is 7.05 Å². The van der Waals surface area contributed by atoms with Crippen molar-refractivity contribution >= 4 is 34.6 Å². The predicted molar refractivity (Wildman–Crippen MR) is 124 cm³/mol. The maximum atomic E-state index is 12.8. The number of nitrogens with zero attached hydrogens (tertiary/aromatic N) is 3. The van der Waals surface area contributed by atoms with Gasteiger partial charge in [-0.15, -0.1) is 0 Å². The Morgan fingerprint density at radius 1 is 1.18 bits per heavy atom. The molecule has 9 nitrogen and oxygen atoms in total. The van der Waals surface area contributed by atoms with E-state index in [1.165, 1.54) is 0 Å². The Balaban J connectivity index is 1.41. The SMILES string of the molecule is COc1cc2c(cc1OC)CC(=O)N(CCC(=O)Nc1ccc3c(c1)nc(CO)n3C)C=C2. The molecule has 0 atom stereocenters. The smallest absolute Gasteiger partial charge is 0.230 e. The highest BCUT2D eigenvalue weighted by Crippen LogP contribution is 2.32. The van der Waals surface area contributed by atoms with Gasteiger partial charge in [0.15, 0.2) is 11.5 Å². The average Bonchev–Trinajstić information content (AvgIpc) is 3.04. The number of methoxy groups -OCH3 is 2. The highest BCUT2D eigenvalue weighted by atomic mass is 16.5. The van der Waals surface area contributed by atoms with E-state index < -0.39 is 0 Å². The van der Waals surface area contributed by atoms with E-state index in [1.807, 2.05) is 31.3 Å². The molecule has 0 unspecified atom stereocenters. The van der Waals surface area contributed by atoms with Gasteiger partial charge in [-0.25, -0.2) is 4.98 Å². The summed E-state index contributed by atoms with van der Waals surface area (Å²) in [6, 6.07) is 9.04. The van der Waals surface area contributed by atoms with Crippen LogP contribution >= 0.6 is 0 Å². The molecule has 2 N–H and O–H groups in total. The van der Waals surface area contributed by atoms with Gasteiger partial charge < -0.3 is 29.4 Å². The zero-order valence-electron chi connectivity index (χ0n) is 18.8. The van der Waals surface area contributed by atoms with Crippen LogP contribution in [0, 0.1) is 0 Å². The number of ether oxygens (including phenoxy) is 2. The van der Waals surface area contributed by atoms with Gasteiger partial charge in [0.2, 0.25) is 11.8 Å². The molecule has 0 spiro atoms. The van der Waals surface area contributed by atoms with E-state index in [4.69, 9.17) is 9.47 Å². The Morgan fingerprint density at radius 3 is 2.67 bits per heavy atom. The third-order valence-corrected chi connectivity index (χ3v) is 5.72. The molecule has 3 aromatic rings. The Kier molecular flexibility index (Phi) is 6.32. The number of rotatable bonds is 7. The molecule has 9 heteroatoms. The molecule has 0 saturated carbocycles. The predicted octanol–water partition coefficient (Wildman–Crippen LogP) is 2.47. The van der Waals surface area contributed by atoms with Crippen LogP contribution in [0.5, 0.6) is 11.5 Å². The van der Waals surface area contributed by atoms with Gasteiger partial charge in [0, 0.05) is 31.9 Å². The lowest BCUT2D eigenvalue weighted by Gasteiger charge is -2.17. The first-order valence-electron chi connectivity index (χ1n) is 10.5. The standard InChI is InChI=1S/C24H26N4O5/c1-27-19-5-4-17(13-18(19)26-22(27)14-29)25-23(30)7-9-28-8-6-15-10-20(32-2)21(33-3)11-16(15)12-24(28)31/h4-6,8,10-11,13,29H,7,9,12,14H2,1-3H3,(H,25,30). The van der Waals surface area contributed by atoms with E-state index in [0.717, 1.165) is 16.6 Å². The first kappa shape index (κ1) is 22.3. The zero-order valence-corrected chi connectivity index (χ0v) is 18.8. The molecule has 1 aromatic heterocycles. The summed E-state index contributed by atoms with van der Waals surface area (Å²) >= 11 is 0. The van der Waals surface area contributed by atoms with Gasteiger partial charge in [-0.05, 0) is 47.5 Å². The van der Waals surface area contributed by atoms with E-state index in [0.29, 0.717) is 28.5 Å². The van der Waals surface area contributed by atoms with Crippen molar-refractivity contribution in [3.05, 3.63) is 53.5 Å². The Morgan fingerprint density at radius 2 is 1.94 bits per heavy atom. The summed E-state index contributed by atoms with van der Waals surface area (Å²) in [4.78, 5) is 31.2. The van der Waals surface area contributed by atoms with Crippen molar-refractivity contribution in [1.29, 1.82) is 0 Å². The van der Waals surface area contributed by atoms with Gasteiger partial charge in [0.05, 0.1) is 31.7 Å². The van der Waals surface area contributed by atoms with Gasteiger partial charge in [-0.3, -0.25) is 9.59 Å². The maximum absolute atomic E-state index is 12.8. The third-order valence-electron chi connectivity index (χ3n) is 5.72. The molecule has 0 bridgehead atoms. The minimum Gasteiger partial charge on any atom is -0.493 e. The van der Waals surface area contributed by atoms with Gasteiger partial charge >= 0.3 is 0 Å². The lowest BCUT2D eigenvalue weighted by Crippen LogP contribution is -2.29. The molecular weight excluding hydrogens is 424 g/mol. The number of aromatic nitrogens is 2. The van der Waals surface area contributed by atoms with E-state index in [1.54, 1.807) is 42.0 Å². The fourth-order valence-electron chi connectivity index (χ4n) is 3.88. The van der Waals surface area contributed by atoms with Crippen LogP contribution in [0.1, 0.15) is 23.4 Å². The fourth-order valence-corrected chi connectivity index (χ4v) is 3.88. The van der Waals surface area contributed by atoms with Gasteiger partial charge in [0.25, 0.3) is 0 Å². The van der Waals surface area contributed by atoms with Crippen LogP contribution in [0.25, 0.3) is 17.1 Å². The highest BCUT2D eigenvalue weighted by Gasteiger charge is 2.20. The van der Waals surface area contributed by atoms with E-state index in [9.17, 15) is 14.7 Å². The van der Waals surface area contributed by atoms with Crippen LogP contribution < -0.4 is 14.8 Å². The number of hydrogen-bond donors (Lipinski definition) is 2. The average molecular weight is 450 g/mol. The summed E-state index contributed by atoms with van der Waals surface area (Å²) in [6.07, 6.45) is 3.88. The molecule has 4 rings (SSSR count). The van der Waals surface area contributed by atoms with Gasteiger partial charge in [0.1, 0.15) is 12.4 Å². The number of benzene rings is 2. The maximum Gasteiger partial charge on any atom is 0.230 e. The Labute approximate surface area is 191 Å². The van der Waals surface area contributed by atoms with Crippen molar-refractivity contribution in [3.8, 4) is 11.5 Å². The molecule has 33 heavy (non-hydrogen) atoms. The first-order valence-corrected chi connectivity index (χ1v) is 10.5. The molecule has 1 aliphatic rings. The van der Waals surface area contributed by atoms with E-state index >= 15 is 0 Å². The lowest BCUT2D eigenvalue weighted by atomic mass is 10.0. The highest BCUT2D eigenvalue weighted by molar-refractivity contribution is 5.93. The Bertz CT molecular complexity index is 1250. The molecule has 0 saturated heterocycles. The summed E-state index contributed by atoms with van der Waals surface area (Å²) < 4.78 is 12.5. The first-order chi connectivity index (χ1) is 15.9. The third kappa shape index (κ3) is 4.54. The van der Waals surface area contributed by atoms with Crippen LogP contribution in [-0.4, -0.2) is 52.1 Å². The summed E-state index contributed by atoms with van der Waals surface area (Å²) in [5.74, 6) is 1.41. The van der Waals surface area contributed by atoms with Crippen molar-refractivity contribution in [2.75, 3.05) is 26.1 Å². The number of anilines is 1. The van der Waals surface area contributed by atoms with Gasteiger partial charge in [-0.1, -0.05) is 0 Å². The summed E-state index contributed by atoms with van der Waals surface area (Å²) in [6.45, 7) is 0.0948. The largest absolute Gasteiger partial charge is 0.493 e. The molecular formula is C24H26N4O5. The molecule has 172 valence electrons. The number of fused-ring (bicyclic) bond motifs is 2. The number of aliphatic hydroxyl groups is 1. The van der Waals surface area contributed by atoms with E-state index in [-0.39, 0.29) is 37.8 Å². The Hall–Kier alpha value is -3.85. The number of nitrogens with one attached hydrogen (secondary N) is 1. The number of amides is 2.